The first kappa shape index (κ1) is 22.5. The van der Waals surface area contributed by atoms with Gasteiger partial charge < -0.3 is 15.1 Å². The number of anilines is 3. The molecule has 2 aromatic heterocycles. The van der Waals surface area contributed by atoms with Crippen LogP contribution in [0.4, 0.5) is 17.3 Å². The van der Waals surface area contributed by atoms with Gasteiger partial charge in [0.2, 0.25) is 0 Å². The molecule has 3 aliphatic rings. The largest absolute Gasteiger partial charge is 0.350 e. The highest BCUT2D eigenvalue weighted by molar-refractivity contribution is 5.94. The fourth-order valence-corrected chi connectivity index (χ4v) is 5.71. The summed E-state index contributed by atoms with van der Waals surface area (Å²) in [6, 6.07) is 10.7. The topological polar surface area (TPSA) is 103 Å². The van der Waals surface area contributed by atoms with E-state index in [9.17, 15) is 10.1 Å². The summed E-state index contributed by atoms with van der Waals surface area (Å²) in [7, 11) is 1.84. The molecule has 36 heavy (non-hydrogen) atoms. The normalized spacial score (nSPS) is 21.6. The van der Waals surface area contributed by atoms with Gasteiger partial charge in [-0.25, -0.2) is 9.97 Å². The van der Waals surface area contributed by atoms with E-state index < -0.39 is 0 Å². The average molecular weight is 483 g/mol. The highest BCUT2D eigenvalue weighted by Crippen LogP contribution is 2.40. The maximum atomic E-state index is 13.6. The lowest BCUT2D eigenvalue weighted by Crippen LogP contribution is -2.60. The van der Waals surface area contributed by atoms with Crippen molar-refractivity contribution in [1.82, 2.24) is 24.6 Å². The van der Waals surface area contributed by atoms with E-state index in [4.69, 9.17) is 4.98 Å². The van der Waals surface area contributed by atoms with Crippen molar-refractivity contribution in [3.8, 4) is 6.07 Å². The first-order valence-corrected chi connectivity index (χ1v) is 12.8. The van der Waals surface area contributed by atoms with Crippen molar-refractivity contribution in [3.05, 3.63) is 59.7 Å². The van der Waals surface area contributed by atoms with Crippen LogP contribution in [0.3, 0.4) is 0 Å². The molecule has 1 N–H and O–H groups in total. The Bertz CT molecular complexity index is 1310. The third-order valence-electron chi connectivity index (χ3n) is 7.64. The molecule has 2 saturated heterocycles. The molecule has 3 aromatic rings. The van der Waals surface area contributed by atoms with Crippen LogP contribution >= 0.6 is 0 Å². The van der Waals surface area contributed by atoms with Crippen molar-refractivity contribution >= 4 is 23.2 Å². The Morgan fingerprint density at radius 3 is 2.56 bits per heavy atom. The second kappa shape index (κ2) is 9.26. The summed E-state index contributed by atoms with van der Waals surface area (Å²) in [4.78, 5) is 27.1. The molecule has 1 saturated carbocycles. The summed E-state index contributed by atoms with van der Waals surface area (Å²) < 4.78 is 1.69. The number of nitriles is 1. The molecule has 2 atom stereocenters. The number of fused-ring (bicyclic) bond motifs is 1. The lowest BCUT2D eigenvalue weighted by Gasteiger charge is -2.49. The standard InChI is InChI=1S/C27H30N8O/c1-33-17-21(15-30-33)31-26-22(14-28)29-16-25(32-26)34-12-2-5-24-23(34)4-3-13-35(24)27(36)20-10-8-19(9-11-20)18-6-7-18/h8-11,15-18,23-24H,2-7,12-13H2,1H3,(H,31,32). The molecule has 6 rings (SSSR count). The number of hydrogen-bond donors (Lipinski definition) is 1. The number of amides is 1. The summed E-state index contributed by atoms with van der Waals surface area (Å²) >= 11 is 0. The fraction of sp³-hybridized carbons (Fsp3) is 0.444. The molecule has 1 aliphatic carbocycles. The molecule has 0 radical (unpaired) electrons. The Hall–Kier alpha value is -3.93. The Morgan fingerprint density at radius 2 is 1.83 bits per heavy atom. The number of carbonyl (C=O) groups is 1. The zero-order chi connectivity index (χ0) is 24.6. The van der Waals surface area contributed by atoms with E-state index in [2.05, 4.69) is 43.4 Å². The number of benzene rings is 1. The van der Waals surface area contributed by atoms with E-state index in [1.165, 1.54) is 18.4 Å². The second-order valence-corrected chi connectivity index (χ2v) is 10.1. The predicted molar refractivity (Wildman–Crippen MR) is 136 cm³/mol. The van der Waals surface area contributed by atoms with Crippen LogP contribution in [0, 0.1) is 11.3 Å². The molecule has 184 valence electrons. The van der Waals surface area contributed by atoms with Gasteiger partial charge in [0.15, 0.2) is 11.5 Å². The lowest BCUT2D eigenvalue weighted by atomic mass is 9.87. The molecular formula is C27H30N8O. The van der Waals surface area contributed by atoms with E-state index in [0.29, 0.717) is 11.7 Å². The number of carbonyl (C=O) groups excluding carboxylic acids is 1. The van der Waals surface area contributed by atoms with Gasteiger partial charge in [-0.1, -0.05) is 12.1 Å². The highest BCUT2D eigenvalue weighted by Gasteiger charge is 2.40. The number of aryl methyl sites for hydroxylation is 1. The summed E-state index contributed by atoms with van der Waals surface area (Å²) in [5, 5.41) is 16.9. The molecule has 2 aliphatic heterocycles. The number of hydrogen-bond acceptors (Lipinski definition) is 7. The fourth-order valence-electron chi connectivity index (χ4n) is 5.71. The van der Waals surface area contributed by atoms with E-state index in [1.54, 1.807) is 17.1 Å². The van der Waals surface area contributed by atoms with Crippen molar-refractivity contribution in [2.45, 2.75) is 56.5 Å². The first-order chi connectivity index (χ1) is 17.6. The molecular weight excluding hydrogens is 452 g/mol. The highest BCUT2D eigenvalue weighted by atomic mass is 16.2. The van der Waals surface area contributed by atoms with Gasteiger partial charge in [0.1, 0.15) is 11.9 Å². The first-order valence-electron chi connectivity index (χ1n) is 12.8. The lowest BCUT2D eigenvalue weighted by molar-refractivity contribution is 0.0524. The molecule has 9 nitrogen and oxygen atoms in total. The minimum atomic E-state index is 0.124. The molecule has 0 bridgehead atoms. The van der Waals surface area contributed by atoms with E-state index >= 15 is 0 Å². The minimum Gasteiger partial charge on any atom is -0.350 e. The van der Waals surface area contributed by atoms with Crippen LogP contribution in [0.2, 0.25) is 0 Å². The van der Waals surface area contributed by atoms with Crippen LogP contribution in [0.15, 0.2) is 42.9 Å². The van der Waals surface area contributed by atoms with Crippen LogP contribution in [0.25, 0.3) is 0 Å². The number of nitrogens with zero attached hydrogens (tertiary/aromatic N) is 7. The van der Waals surface area contributed by atoms with Crippen molar-refractivity contribution in [2.75, 3.05) is 23.3 Å². The van der Waals surface area contributed by atoms with Crippen LogP contribution in [-0.2, 0) is 7.05 Å². The van der Waals surface area contributed by atoms with E-state index in [-0.39, 0.29) is 23.7 Å². The Labute approximate surface area is 210 Å². The number of rotatable bonds is 5. The molecule has 9 heteroatoms. The van der Waals surface area contributed by atoms with Gasteiger partial charge in [0.05, 0.1) is 30.2 Å². The average Bonchev–Trinajstić information content (AvgIpc) is 3.69. The molecule has 0 spiro atoms. The Kier molecular flexibility index (Phi) is 5.80. The summed E-state index contributed by atoms with van der Waals surface area (Å²) in [5.41, 5.74) is 3.12. The number of likely N-dealkylation sites (tertiary alicyclic amines) is 1. The third-order valence-corrected chi connectivity index (χ3v) is 7.64. The number of piperidine rings is 2. The molecule has 1 aromatic carbocycles. The molecule has 4 heterocycles. The van der Waals surface area contributed by atoms with Gasteiger partial charge in [-0.15, -0.1) is 0 Å². The third kappa shape index (κ3) is 4.28. The van der Waals surface area contributed by atoms with Crippen LogP contribution in [0.1, 0.15) is 66.1 Å². The van der Waals surface area contributed by atoms with Gasteiger partial charge in [-0.3, -0.25) is 9.48 Å². The molecule has 3 fully saturated rings. The molecule has 1 amide bonds. The predicted octanol–water partition coefficient (Wildman–Crippen LogP) is 3.98. The minimum absolute atomic E-state index is 0.124. The van der Waals surface area contributed by atoms with Crippen molar-refractivity contribution in [3.63, 3.8) is 0 Å². The maximum Gasteiger partial charge on any atom is 0.254 e. The maximum absolute atomic E-state index is 13.6. The summed E-state index contributed by atoms with van der Waals surface area (Å²) in [5.74, 6) is 1.97. The van der Waals surface area contributed by atoms with Crippen molar-refractivity contribution in [1.29, 1.82) is 5.26 Å². The van der Waals surface area contributed by atoms with E-state index in [0.717, 1.165) is 55.8 Å². The molecule has 2 unspecified atom stereocenters. The van der Waals surface area contributed by atoms with Crippen molar-refractivity contribution in [2.24, 2.45) is 7.05 Å². The summed E-state index contributed by atoms with van der Waals surface area (Å²) in [6.45, 7) is 1.64. The van der Waals surface area contributed by atoms with Gasteiger partial charge in [-0.05, 0) is 62.1 Å². The monoisotopic (exact) mass is 482 g/mol. The van der Waals surface area contributed by atoms with Gasteiger partial charge >= 0.3 is 0 Å². The van der Waals surface area contributed by atoms with Gasteiger partial charge in [0.25, 0.3) is 5.91 Å². The van der Waals surface area contributed by atoms with Gasteiger partial charge in [-0.2, -0.15) is 10.4 Å². The van der Waals surface area contributed by atoms with Crippen LogP contribution in [-0.4, -0.2) is 55.7 Å². The van der Waals surface area contributed by atoms with Crippen molar-refractivity contribution < 1.29 is 4.79 Å². The zero-order valence-corrected chi connectivity index (χ0v) is 20.5. The summed E-state index contributed by atoms with van der Waals surface area (Å²) in [6.07, 6.45) is 11.6. The zero-order valence-electron chi connectivity index (χ0n) is 20.5. The van der Waals surface area contributed by atoms with Crippen LogP contribution in [0.5, 0.6) is 0 Å². The van der Waals surface area contributed by atoms with E-state index in [1.807, 2.05) is 25.4 Å². The Balaban J connectivity index is 1.24. The number of aromatic nitrogens is 4. The second-order valence-electron chi connectivity index (χ2n) is 10.1. The number of nitrogens with one attached hydrogen (secondary N) is 1. The SMILES string of the molecule is Cn1cc(Nc2nc(N3CCCC4C3CCCN4C(=O)c3ccc(C4CC4)cc3)cnc2C#N)cn1. The quantitative estimate of drug-likeness (QED) is 0.587. The smallest absolute Gasteiger partial charge is 0.254 e. The van der Waals surface area contributed by atoms with Gasteiger partial charge in [0, 0.05) is 31.9 Å². The van der Waals surface area contributed by atoms with Crippen LogP contribution < -0.4 is 10.2 Å². The Morgan fingerprint density at radius 1 is 1.06 bits per heavy atom.